The van der Waals surface area contributed by atoms with Gasteiger partial charge in [-0.1, -0.05) is 44.2 Å². The number of rotatable bonds is 6. The summed E-state index contributed by atoms with van der Waals surface area (Å²) in [6, 6.07) is 8.89. The summed E-state index contributed by atoms with van der Waals surface area (Å²) in [6.07, 6.45) is 0.257. The van der Waals surface area contributed by atoms with E-state index in [0.29, 0.717) is 5.13 Å². The molecule has 0 spiro atoms. The molecule has 6 heteroatoms. The smallest absolute Gasteiger partial charge is 0.248 e. The molecule has 128 valence electrons. The van der Waals surface area contributed by atoms with Crippen molar-refractivity contribution in [3.8, 4) is 0 Å². The first kappa shape index (κ1) is 18.1. The van der Waals surface area contributed by atoms with E-state index in [2.05, 4.69) is 15.6 Å². The van der Waals surface area contributed by atoms with Crippen molar-refractivity contribution in [1.82, 2.24) is 10.3 Å². The fourth-order valence-electron chi connectivity index (χ4n) is 2.25. The maximum absolute atomic E-state index is 12.5. The quantitative estimate of drug-likeness (QED) is 0.845. The van der Waals surface area contributed by atoms with Crippen molar-refractivity contribution < 1.29 is 9.59 Å². The molecule has 2 amide bonds. The van der Waals surface area contributed by atoms with Crippen LogP contribution >= 0.6 is 11.3 Å². The summed E-state index contributed by atoms with van der Waals surface area (Å²) in [4.78, 5) is 30.1. The fourth-order valence-corrected chi connectivity index (χ4v) is 3.07. The van der Waals surface area contributed by atoms with E-state index in [1.165, 1.54) is 11.3 Å². The van der Waals surface area contributed by atoms with Crippen LogP contribution in [0.5, 0.6) is 0 Å². The summed E-state index contributed by atoms with van der Waals surface area (Å²) < 4.78 is 0. The zero-order valence-electron chi connectivity index (χ0n) is 14.4. The number of thiazole rings is 1. The maximum atomic E-state index is 12.5. The van der Waals surface area contributed by atoms with Crippen LogP contribution in [0.25, 0.3) is 0 Å². The van der Waals surface area contributed by atoms with Crippen LogP contribution in [-0.4, -0.2) is 22.8 Å². The molecule has 0 aliphatic rings. The molecule has 0 saturated carbocycles. The molecule has 1 atom stereocenters. The Kier molecular flexibility index (Phi) is 6.09. The summed E-state index contributed by atoms with van der Waals surface area (Å²) in [5.41, 5.74) is 1.83. The molecule has 5 nitrogen and oxygen atoms in total. The first-order valence-corrected chi connectivity index (χ1v) is 8.76. The Morgan fingerprint density at radius 3 is 2.38 bits per heavy atom. The van der Waals surface area contributed by atoms with E-state index in [-0.39, 0.29) is 24.2 Å². The Labute approximate surface area is 146 Å². The van der Waals surface area contributed by atoms with Crippen LogP contribution in [0, 0.1) is 19.8 Å². The van der Waals surface area contributed by atoms with Crippen molar-refractivity contribution in [1.29, 1.82) is 0 Å². The molecule has 2 aromatic rings. The largest absolute Gasteiger partial charge is 0.344 e. The Morgan fingerprint density at radius 2 is 1.83 bits per heavy atom. The van der Waals surface area contributed by atoms with E-state index in [1.54, 1.807) is 0 Å². The molecule has 0 bridgehead atoms. The van der Waals surface area contributed by atoms with E-state index in [4.69, 9.17) is 0 Å². The predicted molar refractivity (Wildman–Crippen MR) is 97.1 cm³/mol. The Morgan fingerprint density at radius 1 is 1.17 bits per heavy atom. The van der Waals surface area contributed by atoms with Crippen LogP contribution in [0.3, 0.4) is 0 Å². The van der Waals surface area contributed by atoms with Gasteiger partial charge in [-0.05, 0) is 25.3 Å². The average molecular weight is 345 g/mol. The van der Waals surface area contributed by atoms with Gasteiger partial charge in [-0.3, -0.25) is 9.59 Å². The second-order valence-electron chi connectivity index (χ2n) is 6.10. The number of aromatic nitrogens is 1. The average Bonchev–Trinajstić information content (AvgIpc) is 2.83. The summed E-state index contributed by atoms with van der Waals surface area (Å²) in [6.45, 7) is 7.68. The molecule has 24 heavy (non-hydrogen) atoms. The third-order valence-corrected chi connectivity index (χ3v) is 4.72. The summed E-state index contributed by atoms with van der Waals surface area (Å²) in [7, 11) is 0. The normalized spacial score (nSPS) is 12.0. The van der Waals surface area contributed by atoms with E-state index >= 15 is 0 Å². The van der Waals surface area contributed by atoms with E-state index in [9.17, 15) is 9.59 Å². The molecular formula is C18H23N3O2S. The molecule has 1 unspecified atom stereocenters. The minimum absolute atomic E-state index is 0.0214. The number of nitrogens with one attached hydrogen (secondary N) is 2. The molecule has 0 saturated heterocycles. The van der Waals surface area contributed by atoms with Crippen molar-refractivity contribution in [3.05, 3.63) is 46.5 Å². The SMILES string of the molecule is Cc1nc(NC(=O)C(NC(=O)Cc2ccccc2)C(C)C)sc1C. The van der Waals surface area contributed by atoms with Gasteiger partial charge in [0.05, 0.1) is 12.1 Å². The Bertz CT molecular complexity index is 691. The molecule has 1 aromatic heterocycles. The Hall–Kier alpha value is -2.21. The zero-order valence-corrected chi connectivity index (χ0v) is 15.2. The highest BCUT2D eigenvalue weighted by Crippen LogP contribution is 2.21. The minimum Gasteiger partial charge on any atom is -0.344 e. The van der Waals surface area contributed by atoms with Gasteiger partial charge in [0, 0.05) is 4.88 Å². The van der Waals surface area contributed by atoms with Gasteiger partial charge in [0.25, 0.3) is 0 Å². The molecule has 0 aliphatic carbocycles. The van der Waals surface area contributed by atoms with Crippen LogP contribution in [0.4, 0.5) is 5.13 Å². The van der Waals surface area contributed by atoms with Gasteiger partial charge in [-0.2, -0.15) is 0 Å². The lowest BCUT2D eigenvalue weighted by Gasteiger charge is -2.21. The zero-order chi connectivity index (χ0) is 17.7. The number of nitrogens with zero attached hydrogens (tertiary/aromatic N) is 1. The third kappa shape index (κ3) is 4.89. The first-order chi connectivity index (χ1) is 11.4. The van der Waals surface area contributed by atoms with Gasteiger partial charge < -0.3 is 10.6 Å². The number of carbonyl (C=O) groups excluding carboxylic acids is 2. The van der Waals surface area contributed by atoms with E-state index < -0.39 is 6.04 Å². The minimum atomic E-state index is -0.592. The summed E-state index contributed by atoms with van der Waals surface area (Å²) in [5.74, 6) is -0.423. The van der Waals surface area contributed by atoms with Crippen LogP contribution in [0.2, 0.25) is 0 Å². The van der Waals surface area contributed by atoms with Crippen LogP contribution < -0.4 is 10.6 Å². The lowest BCUT2D eigenvalue weighted by Crippen LogP contribution is -2.47. The second kappa shape index (κ2) is 8.06. The van der Waals surface area contributed by atoms with E-state index in [0.717, 1.165) is 16.1 Å². The molecule has 0 radical (unpaired) electrons. The lowest BCUT2D eigenvalue weighted by molar-refractivity contribution is -0.127. The monoisotopic (exact) mass is 345 g/mol. The number of anilines is 1. The van der Waals surface area contributed by atoms with Crippen molar-refractivity contribution >= 4 is 28.3 Å². The predicted octanol–water partition coefficient (Wildman–Crippen LogP) is 3.08. The molecule has 0 aliphatic heterocycles. The maximum Gasteiger partial charge on any atom is 0.248 e. The van der Waals surface area contributed by atoms with Crippen molar-refractivity contribution in [3.63, 3.8) is 0 Å². The topological polar surface area (TPSA) is 71.1 Å². The second-order valence-corrected chi connectivity index (χ2v) is 7.30. The van der Waals surface area contributed by atoms with Gasteiger partial charge in [-0.25, -0.2) is 4.98 Å². The van der Waals surface area contributed by atoms with Gasteiger partial charge in [0.1, 0.15) is 6.04 Å². The number of aryl methyl sites for hydroxylation is 2. The van der Waals surface area contributed by atoms with Crippen LogP contribution in [-0.2, 0) is 16.0 Å². The van der Waals surface area contributed by atoms with Crippen molar-refractivity contribution in [2.24, 2.45) is 5.92 Å². The van der Waals surface area contributed by atoms with Crippen LogP contribution in [0.15, 0.2) is 30.3 Å². The van der Waals surface area contributed by atoms with Gasteiger partial charge in [-0.15, -0.1) is 11.3 Å². The molecule has 0 fully saturated rings. The van der Waals surface area contributed by atoms with Gasteiger partial charge >= 0.3 is 0 Å². The Balaban J connectivity index is 2.00. The highest BCUT2D eigenvalue weighted by molar-refractivity contribution is 7.15. The van der Waals surface area contributed by atoms with E-state index in [1.807, 2.05) is 58.0 Å². The molecule has 1 heterocycles. The molecule has 1 aromatic carbocycles. The number of hydrogen-bond acceptors (Lipinski definition) is 4. The van der Waals surface area contributed by atoms with Crippen LogP contribution in [0.1, 0.15) is 30.0 Å². The lowest BCUT2D eigenvalue weighted by atomic mass is 10.0. The molecule has 2 N–H and O–H groups in total. The number of hydrogen-bond donors (Lipinski definition) is 2. The molecular weight excluding hydrogens is 322 g/mol. The van der Waals surface area contributed by atoms with Gasteiger partial charge in [0.15, 0.2) is 5.13 Å². The number of carbonyl (C=O) groups is 2. The highest BCUT2D eigenvalue weighted by atomic mass is 32.1. The summed E-state index contributed by atoms with van der Waals surface area (Å²) >= 11 is 1.44. The summed E-state index contributed by atoms with van der Waals surface area (Å²) in [5, 5.41) is 6.21. The molecule has 2 rings (SSSR count). The standard InChI is InChI=1S/C18H23N3O2S/c1-11(2)16(17(23)21-18-19-12(3)13(4)24-18)20-15(22)10-14-8-6-5-7-9-14/h5-9,11,16H,10H2,1-4H3,(H,20,22)(H,19,21,23). The highest BCUT2D eigenvalue weighted by Gasteiger charge is 2.25. The first-order valence-electron chi connectivity index (χ1n) is 7.95. The fraction of sp³-hybridized carbons (Fsp3) is 0.389. The van der Waals surface area contributed by atoms with Crippen molar-refractivity contribution in [2.75, 3.05) is 5.32 Å². The van der Waals surface area contributed by atoms with Gasteiger partial charge in [0.2, 0.25) is 11.8 Å². The third-order valence-electron chi connectivity index (χ3n) is 3.73. The van der Waals surface area contributed by atoms with Crippen molar-refractivity contribution in [2.45, 2.75) is 40.2 Å². The number of amides is 2. The number of benzene rings is 1.